The van der Waals surface area contributed by atoms with Gasteiger partial charge in [0.05, 0.1) is 17.9 Å². The van der Waals surface area contributed by atoms with E-state index in [1.807, 2.05) is 26.8 Å². The van der Waals surface area contributed by atoms with Gasteiger partial charge in [-0.2, -0.15) is 13.5 Å². The zero-order valence-electron chi connectivity index (χ0n) is 19.5. The van der Waals surface area contributed by atoms with Crippen LogP contribution in [0.3, 0.4) is 0 Å². The molecule has 1 aliphatic heterocycles. The number of halogens is 1. The lowest BCUT2D eigenvalue weighted by molar-refractivity contribution is 0.0584. The molecule has 8 nitrogen and oxygen atoms in total. The molecule has 180 valence electrons. The third-order valence-corrected chi connectivity index (χ3v) is 7.27. The molecular weight excluding hydrogens is 476 g/mol. The molecule has 0 unspecified atom stereocenters. The molecular formula is C24H27ClN4O4S. The molecule has 0 bridgehead atoms. The van der Waals surface area contributed by atoms with E-state index in [2.05, 4.69) is 5.10 Å². The van der Waals surface area contributed by atoms with Crippen molar-refractivity contribution in [2.75, 3.05) is 15.7 Å². The van der Waals surface area contributed by atoms with Crippen molar-refractivity contribution in [1.82, 2.24) is 9.78 Å². The number of nitrogens with zero attached hydrogens (tertiary/aromatic N) is 4. The number of carbonyl (C=O) groups is 1. The first-order valence-electron chi connectivity index (χ1n) is 10.8. The van der Waals surface area contributed by atoms with Crippen molar-refractivity contribution in [2.45, 2.75) is 44.4 Å². The maximum atomic E-state index is 13.6. The number of anilines is 2. The Labute approximate surface area is 204 Å². The van der Waals surface area contributed by atoms with Crippen molar-refractivity contribution in [1.29, 1.82) is 0 Å². The molecule has 0 saturated heterocycles. The Morgan fingerprint density at radius 1 is 1.15 bits per heavy atom. The minimum atomic E-state index is -3.99. The normalized spacial score (nSPS) is 13.6. The summed E-state index contributed by atoms with van der Waals surface area (Å²) in [5, 5.41) is 4.62. The number of carbonyl (C=O) groups excluding carboxylic acids is 1. The fourth-order valence-corrected chi connectivity index (χ4v) is 5.27. The first-order chi connectivity index (χ1) is 15.9. The van der Waals surface area contributed by atoms with Crippen molar-refractivity contribution in [2.24, 2.45) is 7.05 Å². The summed E-state index contributed by atoms with van der Waals surface area (Å²) in [5.41, 5.74) is 2.14. The first kappa shape index (κ1) is 24.1. The predicted molar refractivity (Wildman–Crippen MR) is 132 cm³/mol. The van der Waals surface area contributed by atoms with Gasteiger partial charge in [-0.25, -0.2) is 4.79 Å². The second-order valence-electron chi connectivity index (χ2n) is 9.16. The number of fused-ring (bicyclic) bond motifs is 1. The van der Waals surface area contributed by atoms with Crippen LogP contribution >= 0.6 is 11.6 Å². The lowest BCUT2D eigenvalue weighted by atomic mass is 10.1. The predicted octanol–water partition coefficient (Wildman–Crippen LogP) is 4.77. The second kappa shape index (κ2) is 8.96. The van der Waals surface area contributed by atoms with Gasteiger partial charge in [0.2, 0.25) is 0 Å². The van der Waals surface area contributed by atoms with Gasteiger partial charge in [-0.15, -0.1) is 0 Å². The number of hydrogen-bond donors (Lipinski definition) is 0. The highest BCUT2D eigenvalue weighted by atomic mass is 35.5. The number of hydrogen-bond acceptors (Lipinski definition) is 5. The maximum Gasteiger partial charge on any atom is 0.414 e. The van der Waals surface area contributed by atoms with Gasteiger partial charge in [0.25, 0.3) is 10.0 Å². The van der Waals surface area contributed by atoms with Crippen molar-refractivity contribution >= 4 is 39.1 Å². The lowest BCUT2D eigenvalue weighted by Crippen LogP contribution is -2.36. The van der Waals surface area contributed by atoms with E-state index in [0.717, 1.165) is 11.1 Å². The molecule has 1 amide bonds. The summed E-state index contributed by atoms with van der Waals surface area (Å²) < 4.78 is 35.6. The maximum absolute atomic E-state index is 13.6. The fraction of sp³-hybridized carbons (Fsp3) is 0.333. The molecule has 4 rings (SSSR count). The zero-order chi connectivity index (χ0) is 24.7. The molecule has 0 N–H and O–H groups in total. The first-order valence-corrected chi connectivity index (χ1v) is 12.7. The summed E-state index contributed by atoms with van der Waals surface area (Å²) >= 11 is 6.02. The molecule has 34 heavy (non-hydrogen) atoms. The van der Waals surface area contributed by atoms with Gasteiger partial charge < -0.3 is 4.74 Å². The van der Waals surface area contributed by atoms with E-state index >= 15 is 0 Å². The number of rotatable bonds is 5. The van der Waals surface area contributed by atoms with Crippen molar-refractivity contribution in [3.05, 3.63) is 70.9 Å². The molecule has 3 aromatic rings. The summed E-state index contributed by atoms with van der Waals surface area (Å²) in [7, 11) is -2.33. The van der Waals surface area contributed by atoms with E-state index in [-0.39, 0.29) is 11.6 Å². The molecule has 0 atom stereocenters. The molecule has 0 spiro atoms. The standard InChI is InChI=1S/C24H27ClN4O4S/c1-24(2,3)33-23(30)28-14-11-18-7-10-20(15-21(18)28)29(16-17-5-8-19(25)9-6-17)34(31,32)22-12-13-27(4)26-22/h5-10,12-13,15H,11,14,16H2,1-4H3. The van der Waals surface area contributed by atoms with E-state index in [9.17, 15) is 13.2 Å². The molecule has 0 aliphatic carbocycles. The number of ether oxygens (including phenoxy) is 1. The van der Waals surface area contributed by atoms with Crippen molar-refractivity contribution in [3.63, 3.8) is 0 Å². The van der Waals surface area contributed by atoms with Crippen LogP contribution in [0.2, 0.25) is 5.02 Å². The quantitative estimate of drug-likeness (QED) is 0.502. The summed E-state index contributed by atoms with van der Waals surface area (Å²) in [4.78, 5) is 14.3. The highest BCUT2D eigenvalue weighted by Crippen LogP contribution is 2.35. The molecule has 2 aromatic carbocycles. The molecule has 0 fully saturated rings. The molecule has 10 heteroatoms. The summed E-state index contributed by atoms with van der Waals surface area (Å²) in [6.07, 6.45) is 1.79. The van der Waals surface area contributed by atoms with Gasteiger partial charge in [-0.3, -0.25) is 13.9 Å². The number of sulfonamides is 1. The van der Waals surface area contributed by atoms with Crippen molar-refractivity contribution in [3.8, 4) is 0 Å². The van der Waals surface area contributed by atoms with E-state index in [0.29, 0.717) is 29.4 Å². The van der Waals surface area contributed by atoms with Crippen LogP contribution in [0, 0.1) is 0 Å². The van der Waals surface area contributed by atoms with Gasteiger partial charge in [0, 0.05) is 24.8 Å². The van der Waals surface area contributed by atoms with Crippen molar-refractivity contribution < 1.29 is 17.9 Å². The number of aryl methyl sites for hydroxylation is 1. The van der Waals surface area contributed by atoms with Crippen LogP contribution in [0.15, 0.2) is 59.8 Å². The van der Waals surface area contributed by atoms with Crippen LogP contribution in [-0.4, -0.2) is 36.4 Å². The van der Waals surface area contributed by atoms with Gasteiger partial charge >= 0.3 is 6.09 Å². The van der Waals surface area contributed by atoms with Gasteiger partial charge in [-0.05, 0) is 68.7 Å². The largest absolute Gasteiger partial charge is 0.443 e. The topological polar surface area (TPSA) is 84.7 Å². The third kappa shape index (κ3) is 5.05. The molecule has 0 saturated carbocycles. The van der Waals surface area contributed by atoms with E-state index < -0.39 is 21.7 Å². The van der Waals surface area contributed by atoms with Crippen LogP contribution in [0.4, 0.5) is 16.2 Å². The molecule has 1 aliphatic rings. The minimum absolute atomic E-state index is 0.0616. The van der Waals surface area contributed by atoms with E-state index in [1.54, 1.807) is 54.5 Å². The minimum Gasteiger partial charge on any atom is -0.443 e. The molecule has 2 heterocycles. The van der Waals surface area contributed by atoms with E-state index in [4.69, 9.17) is 16.3 Å². The third-order valence-electron chi connectivity index (χ3n) is 5.35. The Morgan fingerprint density at radius 2 is 1.85 bits per heavy atom. The van der Waals surface area contributed by atoms with Crippen LogP contribution in [-0.2, 0) is 34.8 Å². The average molecular weight is 503 g/mol. The number of amides is 1. The lowest BCUT2D eigenvalue weighted by Gasteiger charge is -2.27. The van der Waals surface area contributed by atoms with Crippen LogP contribution in [0.5, 0.6) is 0 Å². The Hall–Kier alpha value is -3.04. The highest BCUT2D eigenvalue weighted by Gasteiger charge is 2.32. The average Bonchev–Trinajstić information content (AvgIpc) is 3.38. The highest BCUT2D eigenvalue weighted by molar-refractivity contribution is 7.92. The monoisotopic (exact) mass is 502 g/mol. The molecule has 1 aromatic heterocycles. The van der Waals surface area contributed by atoms with Crippen LogP contribution < -0.4 is 9.21 Å². The Morgan fingerprint density at radius 3 is 2.47 bits per heavy atom. The summed E-state index contributed by atoms with van der Waals surface area (Å²) in [5.74, 6) is 0. The molecule has 0 radical (unpaired) electrons. The SMILES string of the molecule is Cn1ccc(S(=O)(=O)N(Cc2ccc(Cl)cc2)c2ccc3c(c2)N(C(=O)OC(C)(C)C)CC3)n1. The smallest absolute Gasteiger partial charge is 0.414 e. The number of benzene rings is 2. The zero-order valence-corrected chi connectivity index (χ0v) is 21.1. The van der Waals surface area contributed by atoms with Gasteiger partial charge in [-0.1, -0.05) is 29.8 Å². The second-order valence-corrected chi connectivity index (χ2v) is 11.4. The van der Waals surface area contributed by atoms with Gasteiger partial charge in [0.15, 0.2) is 5.03 Å². The Kier molecular flexibility index (Phi) is 6.35. The summed E-state index contributed by atoms with van der Waals surface area (Å²) in [6, 6.07) is 13.8. The Bertz CT molecular complexity index is 1310. The van der Waals surface area contributed by atoms with Gasteiger partial charge in [0.1, 0.15) is 5.60 Å². The van der Waals surface area contributed by atoms with Crippen LogP contribution in [0.1, 0.15) is 31.9 Å². The Balaban J connectivity index is 1.75. The summed E-state index contributed by atoms with van der Waals surface area (Å²) in [6.45, 7) is 5.97. The number of aromatic nitrogens is 2. The van der Waals surface area contributed by atoms with E-state index in [1.165, 1.54) is 15.1 Å². The fourth-order valence-electron chi connectivity index (χ4n) is 3.74. The van der Waals surface area contributed by atoms with Crippen LogP contribution in [0.25, 0.3) is 0 Å².